The van der Waals surface area contributed by atoms with Gasteiger partial charge in [-0.3, -0.25) is 23.7 Å². The van der Waals surface area contributed by atoms with E-state index in [9.17, 15) is 19.2 Å². The van der Waals surface area contributed by atoms with Crippen molar-refractivity contribution in [3.63, 3.8) is 0 Å². The lowest BCUT2D eigenvalue weighted by Gasteiger charge is -2.24. The molecule has 0 spiro atoms. The topological polar surface area (TPSA) is 149 Å². The van der Waals surface area contributed by atoms with Gasteiger partial charge in [-0.1, -0.05) is 0 Å². The van der Waals surface area contributed by atoms with E-state index in [0.717, 1.165) is 0 Å². The molecule has 0 saturated carbocycles. The van der Waals surface area contributed by atoms with Gasteiger partial charge in [0, 0.05) is 20.8 Å². The quantitative estimate of drug-likeness (QED) is 0.471. The minimum Gasteiger partial charge on any atom is -0.463 e. The summed E-state index contributed by atoms with van der Waals surface area (Å²) in [6, 6.07) is 0. The standard InChI is InChI=1S/C15H18BrN3O8/c1-6(20)24-4-9-11(25-7(2)21)12(26-8(3)22)15(27-9)19-5-18-10(13(19)16)14(17)23/h5,9,11-12,15H,4H2,1-3H3,(H2,17,23)/t9-,11-,12-,15-/m1/s1. The molecule has 1 fully saturated rings. The molecule has 0 radical (unpaired) electrons. The van der Waals surface area contributed by atoms with Gasteiger partial charge in [-0.2, -0.15) is 0 Å². The number of imidazole rings is 1. The van der Waals surface area contributed by atoms with E-state index in [-0.39, 0.29) is 16.9 Å². The summed E-state index contributed by atoms with van der Waals surface area (Å²) in [6.45, 7) is 3.33. The normalized spacial score (nSPS) is 24.3. The second kappa shape index (κ2) is 8.48. The molecule has 1 aromatic rings. The number of nitrogens with zero attached hydrogens (tertiary/aromatic N) is 2. The Morgan fingerprint density at radius 2 is 1.74 bits per heavy atom. The fourth-order valence-electron chi connectivity index (χ4n) is 2.61. The van der Waals surface area contributed by atoms with Crippen LogP contribution in [-0.2, 0) is 33.3 Å². The molecule has 1 amide bonds. The van der Waals surface area contributed by atoms with E-state index in [1.165, 1.54) is 31.7 Å². The first-order valence-corrected chi connectivity index (χ1v) is 8.56. The first-order valence-electron chi connectivity index (χ1n) is 7.77. The maximum Gasteiger partial charge on any atom is 0.303 e. The van der Waals surface area contributed by atoms with Crippen LogP contribution in [-0.4, -0.2) is 58.3 Å². The van der Waals surface area contributed by atoms with Crippen molar-refractivity contribution in [1.29, 1.82) is 0 Å². The molecule has 1 saturated heterocycles. The summed E-state index contributed by atoms with van der Waals surface area (Å²) in [5.41, 5.74) is 5.18. The number of ether oxygens (including phenoxy) is 4. The summed E-state index contributed by atoms with van der Waals surface area (Å²) < 4.78 is 22.8. The molecular weight excluding hydrogens is 430 g/mol. The number of hydrogen-bond acceptors (Lipinski definition) is 9. The van der Waals surface area contributed by atoms with Gasteiger partial charge in [-0.15, -0.1) is 0 Å². The highest BCUT2D eigenvalue weighted by molar-refractivity contribution is 9.10. The zero-order chi connectivity index (χ0) is 20.3. The molecule has 0 bridgehead atoms. The molecule has 2 heterocycles. The number of halogens is 1. The van der Waals surface area contributed by atoms with Crippen LogP contribution in [0.4, 0.5) is 0 Å². The molecule has 11 nitrogen and oxygen atoms in total. The summed E-state index contributed by atoms with van der Waals surface area (Å²) in [6.07, 6.45) is -2.82. The summed E-state index contributed by atoms with van der Waals surface area (Å²) >= 11 is 3.19. The van der Waals surface area contributed by atoms with Crippen LogP contribution in [0.3, 0.4) is 0 Å². The van der Waals surface area contributed by atoms with Gasteiger partial charge >= 0.3 is 17.9 Å². The van der Waals surface area contributed by atoms with Crippen LogP contribution >= 0.6 is 15.9 Å². The van der Waals surface area contributed by atoms with E-state index in [2.05, 4.69) is 20.9 Å². The number of rotatable bonds is 6. The Morgan fingerprint density at radius 1 is 1.15 bits per heavy atom. The number of primary amides is 1. The third-order valence-corrected chi connectivity index (χ3v) is 4.37. The lowest BCUT2D eigenvalue weighted by atomic mass is 10.1. The highest BCUT2D eigenvalue weighted by Gasteiger charge is 2.51. The zero-order valence-corrected chi connectivity index (χ0v) is 16.3. The summed E-state index contributed by atoms with van der Waals surface area (Å²) in [7, 11) is 0. The van der Waals surface area contributed by atoms with Crippen LogP contribution in [0, 0.1) is 0 Å². The number of carbonyl (C=O) groups is 4. The van der Waals surface area contributed by atoms with Crippen molar-refractivity contribution in [2.75, 3.05) is 6.61 Å². The second-order valence-electron chi connectivity index (χ2n) is 5.67. The first-order chi connectivity index (χ1) is 12.6. The lowest BCUT2D eigenvalue weighted by molar-refractivity contribution is -0.166. The number of nitrogens with two attached hydrogens (primary N) is 1. The van der Waals surface area contributed by atoms with E-state index in [0.29, 0.717) is 0 Å². The highest BCUT2D eigenvalue weighted by atomic mass is 79.9. The number of carbonyl (C=O) groups excluding carboxylic acids is 4. The fraction of sp³-hybridized carbons (Fsp3) is 0.533. The molecule has 2 N–H and O–H groups in total. The Kier molecular flexibility index (Phi) is 6.54. The van der Waals surface area contributed by atoms with Crippen molar-refractivity contribution in [1.82, 2.24) is 9.55 Å². The van der Waals surface area contributed by atoms with Gasteiger partial charge in [0.25, 0.3) is 5.91 Å². The Hall–Kier alpha value is -2.47. The second-order valence-corrected chi connectivity index (χ2v) is 6.42. The van der Waals surface area contributed by atoms with Gasteiger partial charge in [0.2, 0.25) is 0 Å². The van der Waals surface area contributed by atoms with E-state index in [1.54, 1.807) is 0 Å². The van der Waals surface area contributed by atoms with Crippen molar-refractivity contribution in [2.45, 2.75) is 45.3 Å². The molecule has 27 heavy (non-hydrogen) atoms. The molecule has 4 atom stereocenters. The molecule has 0 aromatic carbocycles. The largest absolute Gasteiger partial charge is 0.463 e. The maximum atomic E-state index is 11.6. The van der Waals surface area contributed by atoms with Crippen molar-refractivity contribution in [2.24, 2.45) is 5.73 Å². The fourth-order valence-corrected chi connectivity index (χ4v) is 3.20. The van der Waals surface area contributed by atoms with E-state index in [1.807, 2.05) is 0 Å². The number of hydrogen-bond donors (Lipinski definition) is 1. The number of amides is 1. The van der Waals surface area contributed by atoms with Crippen LogP contribution in [0.5, 0.6) is 0 Å². The van der Waals surface area contributed by atoms with Gasteiger partial charge in [0.15, 0.2) is 24.1 Å². The molecule has 148 valence electrons. The van der Waals surface area contributed by atoms with Crippen molar-refractivity contribution >= 4 is 39.7 Å². The maximum absolute atomic E-state index is 11.6. The third kappa shape index (κ3) is 4.83. The highest BCUT2D eigenvalue weighted by Crippen LogP contribution is 2.36. The molecule has 1 aliphatic rings. The van der Waals surface area contributed by atoms with Gasteiger partial charge in [0.1, 0.15) is 17.3 Å². The van der Waals surface area contributed by atoms with Crippen LogP contribution in [0.15, 0.2) is 10.9 Å². The Labute approximate surface area is 162 Å². The first kappa shape index (κ1) is 20.8. The van der Waals surface area contributed by atoms with Crippen LogP contribution < -0.4 is 5.73 Å². The summed E-state index contributed by atoms with van der Waals surface area (Å²) in [5.74, 6) is -2.63. The minimum atomic E-state index is -1.09. The predicted molar refractivity (Wildman–Crippen MR) is 90.1 cm³/mol. The van der Waals surface area contributed by atoms with E-state index in [4.69, 9.17) is 24.7 Å². The Bertz CT molecular complexity index is 764. The zero-order valence-electron chi connectivity index (χ0n) is 14.7. The van der Waals surface area contributed by atoms with Gasteiger partial charge in [-0.25, -0.2) is 4.98 Å². The number of esters is 3. The molecule has 1 aromatic heterocycles. The van der Waals surface area contributed by atoms with Crippen LogP contribution in [0.2, 0.25) is 0 Å². The van der Waals surface area contributed by atoms with E-state index >= 15 is 0 Å². The minimum absolute atomic E-state index is 0.0624. The summed E-state index contributed by atoms with van der Waals surface area (Å²) in [4.78, 5) is 49.5. The third-order valence-electron chi connectivity index (χ3n) is 3.58. The molecule has 1 aliphatic heterocycles. The van der Waals surface area contributed by atoms with Crippen molar-refractivity contribution < 1.29 is 38.1 Å². The lowest BCUT2D eigenvalue weighted by Crippen LogP contribution is -2.40. The Balaban J connectivity index is 2.41. The molecule has 12 heteroatoms. The summed E-state index contributed by atoms with van der Waals surface area (Å²) in [5, 5.41) is 0. The predicted octanol–water partition coefficient (Wildman–Crippen LogP) is 0.0684. The monoisotopic (exact) mass is 447 g/mol. The molecule has 0 aliphatic carbocycles. The van der Waals surface area contributed by atoms with Gasteiger partial charge in [-0.05, 0) is 15.9 Å². The van der Waals surface area contributed by atoms with Gasteiger partial charge in [0.05, 0.1) is 6.33 Å². The molecular formula is C15H18BrN3O8. The SMILES string of the molecule is CC(=O)OC[C@H]1O[C@@H](n2cnc(C(N)=O)c2Br)[C@H](OC(C)=O)[C@@H]1OC(C)=O. The number of aromatic nitrogens is 2. The molecule has 0 unspecified atom stereocenters. The average molecular weight is 448 g/mol. The van der Waals surface area contributed by atoms with Crippen molar-refractivity contribution in [3.8, 4) is 0 Å². The van der Waals surface area contributed by atoms with Crippen LogP contribution in [0.1, 0.15) is 37.5 Å². The van der Waals surface area contributed by atoms with Crippen LogP contribution in [0.25, 0.3) is 0 Å². The average Bonchev–Trinajstić information content (AvgIpc) is 3.06. The molecule has 2 rings (SSSR count). The van der Waals surface area contributed by atoms with Gasteiger partial charge < -0.3 is 24.7 Å². The smallest absolute Gasteiger partial charge is 0.303 e. The van der Waals surface area contributed by atoms with E-state index < -0.39 is 48.4 Å². The Morgan fingerprint density at radius 3 is 2.22 bits per heavy atom. The van der Waals surface area contributed by atoms with Crippen molar-refractivity contribution in [3.05, 3.63) is 16.6 Å².